The SMILES string of the molecule is COc1ccc(NC(=O)NCC(c2ccccc2Cl)N(C)C)cc1N1CCCCC1=O. The third kappa shape index (κ3) is 5.68. The Hall–Kier alpha value is -2.77. The van der Waals surface area contributed by atoms with Gasteiger partial charge in [-0.05, 0) is 56.8 Å². The van der Waals surface area contributed by atoms with Gasteiger partial charge >= 0.3 is 6.03 Å². The standard InChI is InChI=1S/C23H29ClN4O3/c1-27(2)20(17-8-4-5-9-18(17)24)15-25-23(30)26-16-11-12-21(31-3)19(14-16)28-13-7-6-10-22(28)29/h4-5,8-9,11-12,14,20H,6-7,10,13,15H2,1-3H3,(H2,25,26,30). The molecule has 31 heavy (non-hydrogen) atoms. The number of amides is 3. The Morgan fingerprint density at radius 1 is 1.23 bits per heavy atom. The molecule has 1 aliphatic rings. The molecule has 0 bridgehead atoms. The van der Waals surface area contributed by atoms with E-state index in [0.29, 0.717) is 41.7 Å². The van der Waals surface area contributed by atoms with E-state index in [-0.39, 0.29) is 18.0 Å². The van der Waals surface area contributed by atoms with E-state index in [2.05, 4.69) is 10.6 Å². The number of rotatable bonds is 7. The van der Waals surface area contributed by atoms with Crippen LogP contribution in [0, 0.1) is 0 Å². The van der Waals surface area contributed by atoms with Gasteiger partial charge in [0.2, 0.25) is 5.91 Å². The van der Waals surface area contributed by atoms with Gasteiger partial charge in [-0.2, -0.15) is 0 Å². The van der Waals surface area contributed by atoms with Crippen molar-refractivity contribution in [3.63, 3.8) is 0 Å². The van der Waals surface area contributed by atoms with Crippen LogP contribution in [0.25, 0.3) is 0 Å². The minimum Gasteiger partial charge on any atom is -0.495 e. The molecule has 7 nitrogen and oxygen atoms in total. The Morgan fingerprint density at radius 2 is 2.00 bits per heavy atom. The Labute approximate surface area is 188 Å². The molecule has 0 aliphatic carbocycles. The zero-order valence-electron chi connectivity index (χ0n) is 18.2. The van der Waals surface area contributed by atoms with Crippen molar-refractivity contribution >= 4 is 34.9 Å². The summed E-state index contributed by atoms with van der Waals surface area (Å²) in [7, 11) is 5.46. The summed E-state index contributed by atoms with van der Waals surface area (Å²) in [5.41, 5.74) is 2.21. The zero-order chi connectivity index (χ0) is 22.4. The number of urea groups is 1. The first-order valence-corrected chi connectivity index (χ1v) is 10.7. The molecule has 2 N–H and O–H groups in total. The molecule has 1 unspecified atom stereocenters. The second-order valence-electron chi connectivity index (χ2n) is 7.73. The van der Waals surface area contributed by atoms with Gasteiger partial charge in [-0.15, -0.1) is 0 Å². The van der Waals surface area contributed by atoms with Crippen molar-refractivity contribution in [2.75, 3.05) is 44.5 Å². The highest BCUT2D eigenvalue weighted by atomic mass is 35.5. The minimum atomic E-state index is -0.333. The van der Waals surface area contributed by atoms with Crippen LogP contribution in [0.5, 0.6) is 5.75 Å². The van der Waals surface area contributed by atoms with E-state index >= 15 is 0 Å². The molecule has 2 aromatic rings. The third-order valence-electron chi connectivity index (χ3n) is 5.39. The second kappa shape index (κ2) is 10.5. The lowest BCUT2D eigenvalue weighted by molar-refractivity contribution is -0.119. The first kappa shape index (κ1) is 22.9. The van der Waals surface area contributed by atoms with Crippen LogP contribution in [0.4, 0.5) is 16.2 Å². The van der Waals surface area contributed by atoms with Crippen LogP contribution in [0.3, 0.4) is 0 Å². The van der Waals surface area contributed by atoms with Crippen LogP contribution in [-0.2, 0) is 4.79 Å². The molecular weight excluding hydrogens is 416 g/mol. The lowest BCUT2D eigenvalue weighted by Crippen LogP contribution is -2.37. The van der Waals surface area contributed by atoms with Crippen molar-refractivity contribution in [1.82, 2.24) is 10.2 Å². The van der Waals surface area contributed by atoms with Gasteiger partial charge in [-0.3, -0.25) is 4.79 Å². The van der Waals surface area contributed by atoms with Crippen molar-refractivity contribution < 1.29 is 14.3 Å². The number of carbonyl (C=O) groups excluding carboxylic acids is 2. The maximum absolute atomic E-state index is 12.6. The number of hydrogen-bond donors (Lipinski definition) is 2. The van der Waals surface area contributed by atoms with Gasteiger partial charge < -0.3 is 25.2 Å². The second-order valence-corrected chi connectivity index (χ2v) is 8.13. The van der Waals surface area contributed by atoms with Gasteiger partial charge in [0, 0.05) is 30.2 Å². The summed E-state index contributed by atoms with van der Waals surface area (Å²) in [6.45, 7) is 1.03. The quantitative estimate of drug-likeness (QED) is 0.668. The average molecular weight is 445 g/mol. The summed E-state index contributed by atoms with van der Waals surface area (Å²) in [6.07, 6.45) is 2.37. The van der Waals surface area contributed by atoms with Crippen molar-refractivity contribution in [2.45, 2.75) is 25.3 Å². The summed E-state index contributed by atoms with van der Waals surface area (Å²) >= 11 is 6.34. The maximum Gasteiger partial charge on any atom is 0.319 e. The fraction of sp³-hybridized carbons (Fsp3) is 0.391. The highest BCUT2D eigenvalue weighted by Crippen LogP contribution is 2.33. The van der Waals surface area contributed by atoms with E-state index in [1.807, 2.05) is 43.3 Å². The van der Waals surface area contributed by atoms with Gasteiger partial charge in [-0.25, -0.2) is 4.79 Å². The topological polar surface area (TPSA) is 73.9 Å². The van der Waals surface area contributed by atoms with Crippen molar-refractivity contribution in [1.29, 1.82) is 0 Å². The van der Waals surface area contributed by atoms with E-state index in [1.165, 1.54) is 0 Å². The number of piperidine rings is 1. The van der Waals surface area contributed by atoms with E-state index in [9.17, 15) is 9.59 Å². The zero-order valence-corrected chi connectivity index (χ0v) is 18.9. The first-order valence-electron chi connectivity index (χ1n) is 10.3. The average Bonchev–Trinajstić information content (AvgIpc) is 2.75. The maximum atomic E-state index is 12.6. The number of likely N-dealkylation sites (N-methyl/N-ethyl adjacent to an activating group) is 1. The number of ether oxygens (including phenoxy) is 1. The highest BCUT2D eigenvalue weighted by molar-refractivity contribution is 6.31. The molecule has 1 saturated heterocycles. The van der Waals surface area contributed by atoms with Crippen LogP contribution >= 0.6 is 11.6 Å². The Kier molecular flexibility index (Phi) is 7.76. The van der Waals surface area contributed by atoms with Gasteiger partial charge in [0.15, 0.2) is 0 Å². The fourth-order valence-electron chi connectivity index (χ4n) is 3.72. The summed E-state index contributed by atoms with van der Waals surface area (Å²) < 4.78 is 5.43. The molecule has 166 valence electrons. The van der Waals surface area contributed by atoms with Crippen LogP contribution in [0.1, 0.15) is 30.9 Å². The molecule has 0 saturated carbocycles. The molecule has 0 spiro atoms. The molecule has 8 heteroatoms. The highest BCUT2D eigenvalue weighted by Gasteiger charge is 2.23. The molecule has 3 amide bonds. The number of methoxy groups -OCH3 is 1. The van der Waals surface area contributed by atoms with E-state index in [1.54, 1.807) is 30.2 Å². The molecule has 3 rings (SSSR count). The van der Waals surface area contributed by atoms with Gasteiger partial charge in [-0.1, -0.05) is 29.8 Å². The Bertz CT molecular complexity index is 935. The monoisotopic (exact) mass is 444 g/mol. The van der Waals surface area contributed by atoms with Crippen LogP contribution in [-0.4, -0.2) is 51.1 Å². The Morgan fingerprint density at radius 3 is 2.68 bits per heavy atom. The van der Waals surface area contributed by atoms with Crippen molar-refractivity contribution in [3.05, 3.63) is 53.1 Å². The number of nitrogens with zero attached hydrogens (tertiary/aromatic N) is 2. The fourth-order valence-corrected chi connectivity index (χ4v) is 3.98. The molecule has 0 radical (unpaired) electrons. The van der Waals surface area contributed by atoms with Gasteiger partial charge in [0.25, 0.3) is 0 Å². The molecule has 1 fully saturated rings. The Balaban J connectivity index is 1.69. The summed E-state index contributed by atoms with van der Waals surface area (Å²) in [6, 6.07) is 12.5. The predicted molar refractivity (Wildman–Crippen MR) is 124 cm³/mol. The summed E-state index contributed by atoms with van der Waals surface area (Å²) in [4.78, 5) is 28.7. The van der Waals surface area contributed by atoms with Crippen LogP contribution in [0.15, 0.2) is 42.5 Å². The summed E-state index contributed by atoms with van der Waals surface area (Å²) in [5.74, 6) is 0.673. The van der Waals surface area contributed by atoms with Crippen LogP contribution in [0.2, 0.25) is 5.02 Å². The lowest BCUT2D eigenvalue weighted by atomic mass is 10.1. The third-order valence-corrected chi connectivity index (χ3v) is 5.74. The lowest BCUT2D eigenvalue weighted by Gasteiger charge is -2.28. The molecule has 1 heterocycles. The number of anilines is 2. The molecule has 1 aliphatic heterocycles. The number of halogens is 1. The minimum absolute atomic E-state index is 0.0692. The number of hydrogen-bond acceptors (Lipinski definition) is 4. The first-order chi connectivity index (χ1) is 14.9. The van der Waals surface area contributed by atoms with Gasteiger partial charge in [0.1, 0.15) is 5.75 Å². The normalized spacial score (nSPS) is 15.0. The van der Waals surface area contributed by atoms with E-state index in [0.717, 1.165) is 18.4 Å². The molecule has 0 aromatic heterocycles. The molecule has 1 atom stereocenters. The largest absolute Gasteiger partial charge is 0.495 e. The van der Waals surface area contributed by atoms with Crippen LogP contribution < -0.4 is 20.3 Å². The van der Waals surface area contributed by atoms with Gasteiger partial charge in [0.05, 0.1) is 18.8 Å². The number of benzene rings is 2. The molecular formula is C23H29ClN4O3. The molecule has 2 aromatic carbocycles. The number of carbonyl (C=O) groups is 2. The van der Waals surface area contributed by atoms with E-state index < -0.39 is 0 Å². The van der Waals surface area contributed by atoms with Crippen molar-refractivity contribution in [2.24, 2.45) is 0 Å². The number of nitrogens with one attached hydrogen (secondary N) is 2. The smallest absolute Gasteiger partial charge is 0.319 e. The van der Waals surface area contributed by atoms with E-state index in [4.69, 9.17) is 16.3 Å². The summed E-state index contributed by atoms with van der Waals surface area (Å²) in [5, 5.41) is 6.43. The predicted octanol–water partition coefficient (Wildman–Crippen LogP) is 4.29. The van der Waals surface area contributed by atoms with Crippen molar-refractivity contribution in [3.8, 4) is 5.75 Å².